The third-order valence-corrected chi connectivity index (χ3v) is 3.20. The van der Waals surface area contributed by atoms with Crippen molar-refractivity contribution in [1.82, 2.24) is 9.55 Å². The molecule has 9 nitrogen and oxygen atoms in total. The number of aromatic nitrogens is 2. The molecule has 0 unspecified atom stereocenters. The van der Waals surface area contributed by atoms with E-state index in [2.05, 4.69) is 15.5 Å². The van der Waals surface area contributed by atoms with Crippen molar-refractivity contribution in [2.24, 2.45) is 18.0 Å². The van der Waals surface area contributed by atoms with Crippen LogP contribution in [0.1, 0.15) is 11.3 Å². The summed E-state index contributed by atoms with van der Waals surface area (Å²) in [5, 5.41) is 14.6. The van der Waals surface area contributed by atoms with Gasteiger partial charge in [0.1, 0.15) is 12.4 Å². The highest BCUT2D eigenvalue weighted by atomic mass is 16.5. The molecule has 0 aliphatic carbocycles. The third-order valence-electron chi connectivity index (χ3n) is 3.20. The molecule has 2 rings (SSSR count). The lowest BCUT2D eigenvalue weighted by molar-refractivity contribution is -0.114. The Morgan fingerprint density at radius 1 is 1.52 bits per heavy atom. The second kappa shape index (κ2) is 7.47. The van der Waals surface area contributed by atoms with Gasteiger partial charge in [-0.25, -0.2) is 4.98 Å². The van der Waals surface area contributed by atoms with Crippen LogP contribution in [0.5, 0.6) is 5.75 Å². The van der Waals surface area contributed by atoms with Gasteiger partial charge in [-0.05, 0) is 17.7 Å². The highest BCUT2D eigenvalue weighted by molar-refractivity contribution is 5.93. The van der Waals surface area contributed by atoms with Crippen LogP contribution in [-0.2, 0) is 25.1 Å². The van der Waals surface area contributed by atoms with Crippen molar-refractivity contribution in [1.29, 1.82) is 0 Å². The van der Waals surface area contributed by atoms with Crippen LogP contribution in [0.15, 0.2) is 29.6 Å². The Kier molecular flexibility index (Phi) is 5.39. The zero-order chi connectivity index (χ0) is 16.8. The van der Waals surface area contributed by atoms with E-state index in [1.54, 1.807) is 25.2 Å². The molecular formula is C14H17N5O4. The lowest BCUT2D eigenvalue weighted by Crippen LogP contribution is -2.22. The number of hydrogen-bond donors (Lipinski definition) is 3. The van der Waals surface area contributed by atoms with Crippen molar-refractivity contribution >= 4 is 17.5 Å². The molecular weight excluding hydrogens is 302 g/mol. The number of imidazole rings is 1. The van der Waals surface area contributed by atoms with Gasteiger partial charge in [0, 0.05) is 12.2 Å². The predicted molar refractivity (Wildman–Crippen MR) is 83.0 cm³/mol. The second-order valence-corrected chi connectivity index (χ2v) is 4.73. The number of ether oxygens (including phenoxy) is 1. The minimum atomic E-state index is -0.377. The van der Waals surface area contributed by atoms with Gasteiger partial charge < -0.3 is 25.5 Å². The number of aliphatic hydroxyl groups is 1. The van der Waals surface area contributed by atoms with E-state index in [0.29, 0.717) is 22.7 Å². The Bertz CT molecular complexity index is 713. The summed E-state index contributed by atoms with van der Waals surface area (Å²) in [5.74, 6) is 0.0830. The van der Waals surface area contributed by atoms with Gasteiger partial charge in [-0.3, -0.25) is 4.79 Å². The zero-order valence-corrected chi connectivity index (χ0v) is 12.5. The predicted octanol–water partition coefficient (Wildman–Crippen LogP) is 0.786. The van der Waals surface area contributed by atoms with E-state index < -0.39 is 0 Å². The monoisotopic (exact) mass is 319 g/mol. The Labute approximate surface area is 132 Å². The molecule has 1 heterocycles. The molecule has 1 amide bonds. The van der Waals surface area contributed by atoms with Gasteiger partial charge in [0.25, 0.3) is 5.95 Å². The summed E-state index contributed by atoms with van der Waals surface area (Å²) < 4.78 is 7.17. The third kappa shape index (κ3) is 3.90. The lowest BCUT2D eigenvalue weighted by atomic mass is 10.2. The number of nitrogens with two attached hydrogens (primary N) is 1. The lowest BCUT2D eigenvalue weighted by Gasteiger charge is -2.13. The maximum absolute atomic E-state index is 11.5. The average molecular weight is 319 g/mol. The Balaban J connectivity index is 2.19. The number of nitroso groups, excluding NO2 is 1. The van der Waals surface area contributed by atoms with Crippen molar-refractivity contribution in [3.63, 3.8) is 0 Å². The number of nitrogens with zero attached hydrogens (tertiary/aromatic N) is 3. The van der Waals surface area contributed by atoms with E-state index in [4.69, 9.17) is 10.5 Å². The molecule has 0 radical (unpaired) electrons. The molecule has 0 fully saturated rings. The Hall–Kier alpha value is -2.78. The van der Waals surface area contributed by atoms with Crippen molar-refractivity contribution in [2.45, 2.75) is 13.2 Å². The molecule has 0 saturated carbocycles. The van der Waals surface area contributed by atoms with E-state index in [-0.39, 0.29) is 31.6 Å². The SMILES string of the molecule is Cn1c(COc2ccc(CO)cc2NC(=O)CN)cnc1N=O. The highest BCUT2D eigenvalue weighted by Gasteiger charge is 2.11. The first-order valence-electron chi connectivity index (χ1n) is 6.79. The standard InChI is InChI=1S/C14H17N5O4/c1-19-10(6-16-14(19)18-22)8-23-12-3-2-9(7-20)4-11(12)17-13(21)5-15/h2-4,6,20H,5,7-8,15H2,1H3,(H,17,21). The van der Waals surface area contributed by atoms with Gasteiger partial charge in [0.2, 0.25) is 5.91 Å². The number of benzene rings is 1. The van der Waals surface area contributed by atoms with E-state index in [1.165, 1.54) is 10.8 Å². The van der Waals surface area contributed by atoms with Crippen LogP contribution in [0.25, 0.3) is 0 Å². The summed E-state index contributed by atoms with van der Waals surface area (Å²) in [6.45, 7) is -0.205. The number of carbonyl (C=O) groups excluding carboxylic acids is 1. The van der Waals surface area contributed by atoms with Crippen molar-refractivity contribution in [2.75, 3.05) is 11.9 Å². The number of hydrogen-bond acceptors (Lipinski definition) is 7. The number of rotatable bonds is 7. The second-order valence-electron chi connectivity index (χ2n) is 4.73. The van der Waals surface area contributed by atoms with Gasteiger partial charge in [-0.1, -0.05) is 6.07 Å². The quantitative estimate of drug-likeness (QED) is 0.646. The number of anilines is 1. The van der Waals surface area contributed by atoms with Crippen molar-refractivity contribution < 1.29 is 14.6 Å². The van der Waals surface area contributed by atoms with Gasteiger partial charge >= 0.3 is 0 Å². The first-order chi connectivity index (χ1) is 11.1. The molecule has 2 aromatic rings. The van der Waals surface area contributed by atoms with Crippen LogP contribution in [0.2, 0.25) is 0 Å². The largest absolute Gasteiger partial charge is 0.485 e. The molecule has 0 saturated heterocycles. The molecule has 0 bridgehead atoms. The average Bonchev–Trinajstić information content (AvgIpc) is 2.93. The van der Waals surface area contributed by atoms with Crippen LogP contribution in [-0.4, -0.2) is 27.1 Å². The van der Waals surface area contributed by atoms with Crippen LogP contribution >= 0.6 is 0 Å². The number of nitrogens with one attached hydrogen (secondary N) is 1. The number of amides is 1. The fourth-order valence-electron chi connectivity index (χ4n) is 1.90. The van der Waals surface area contributed by atoms with Crippen molar-refractivity contribution in [3.05, 3.63) is 40.6 Å². The minimum Gasteiger partial charge on any atom is -0.485 e. The highest BCUT2D eigenvalue weighted by Crippen LogP contribution is 2.27. The normalized spacial score (nSPS) is 10.4. The van der Waals surface area contributed by atoms with Gasteiger partial charge in [0.05, 0.1) is 30.7 Å². The maximum atomic E-state index is 11.5. The van der Waals surface area contributed by atoms with Crippen molar-refractivity contribution in [3.8, 4) is 5.75 Å². The fourth-order valence-corrected chi connectivity index (χ4v) is 1.90. The smallest absolute Gasteiger partial charge is 0.271 e. The molecule has 4 N–H and O–H groups in total. The van der Waals surface area contributed by atoms with Crippen LogP contribution < -0.4 is 15.8 Å². The molecule has 1 aromatic heterocycles. The summed E-state index contributed by atoms with van der Waals surface area (Å²) in [4.78, 5) is 25.9. The summed E-state index contributed by atoms with van der Waals surface area (Å²) in [5.41, 5.74) is 6.96. The maximum Gasteiger partial charge on any atom is 0.271 e. The molecule has 23 heavy (non-hydrogen) atoms. The summed E-state index contributed by atoms with van der Waals surface area (Å²) in [6.07, 6.45) is 1.48. The van der Waals surface area contributed by atoms with Crippen LogP contribution in [0.3, 0.4) is 0 Å². The van der Waals surface area contributed by atoms with Gasteiger partial charge in [-0.15, -0.1) is 4.91 Å². The fraction of sp³-hybridized carbons (Fsp3) is 0.286. The Morgan fingerprint density at radius 2 is 2.30 bits per heavy atom. The molecule has 0 atom stereocenters. The van der Waals surface area contributed by atoms with Crippen LogP contribution in [0.4, 0.5) is 11.6 Å². The number of aliphatic hydroxyl groups excluding tert-OH is 1. The van der Waals surface area contributed by atoms with Gasteiger partial charge in [-0.2, -0.15) is 0 Å². The first-order valence-corrected chi connectivity index (χ1v) is 6.79. The summed E-state index contributed by atoms with van der Waals surface area (Å²) in [7, 11) is 1.65. The van der Waals surface area contributed by atoms with E-state index in [1.807, 2.05) is 0 Å². The first kappa shape index (κ1) is 16.6. The molecule has 122 valence electrons. The molecule has 1 aromatic carbocycles. The minimum absolute atomic E-state index is 0.0517. The zero-order valence-electron chi connectivity index (χ0n) is 12.5. The number of carbonyl (C=O) groups is 1. The van der Waals surface area contributed by atoms with E-state index in [0.717, 1.165) is 0 Å². The van der Waals surface area contributed by atoms with Gasteiger partial charge in [0.15, 0.2) is 0 Å². The Morgan fingerprint density at radius 3 is 2.91 bits per heavy atom. The molecule has 0 spiro atoms. The summed E-state index contributed by atoms with van der Waals surface area (Å²) >= 11 is 0. The van der Waals surface area contributed by atoms with E-state index in [9.17, 15) is 14.8 Å². The van der Waals surface area contributed by atoms with E-state index >= 15 is 0 Å². The molecule has 0 aliphatic rings. The topological polar surface area (TPSA) is 132 Å². The molecule has 0 aliphatic heterocycles. The molecule has 9 heteroatoms. The summed E-state index contributed by atoms with van der Waals surface area (Å²) in [6, 6.07) is 4.91. The van der Waals surface area contributed by atoms with Crippen LogP contribution in [0, 0.1) is 4.91 Å².